The highest BCUT2D eigenvalue weighted by Crippen LogP contribution is 2.06. The van der Waals surface area contributed by atoms with Crippen LogP contribution < -0.4 is 0 Å². The first kappa shape index (κ1) is 10.2. The Labute approximate surface area is 84.4 Å². The summed E-state index contributed by atoms with van der Waals surface area (Å²) < 4.78 is 9.58. The number of halogens is 1. The first-order valence-corrected chi connectivity index (χ1v) is 4.85. The molecule has 0 saturated carbocycles. The summed E-state index contributed by atoms with van der Waals surface area (Å²) in [5.41, 5.74) is 0.204. The van der Waals surface area contributed by atoms with Gasteiger partial charge in [0.05, 0.1) is 0 Å². The zero-order valence-corrected chi connectivity index (χ0v) is 8.78. The molecule has 0 radical (unpaired) electrons. The molecule has 0 aliphatic carbocycles. The molecule has 0 aliphatic rings. The van der Waals surface area contributed by atoms with Crippen molar-refractivity contribution in [3.63, 3.8) is 0 Å². The second-order valence-electron chi connectivity index (χ2n) is 2.48. The lowest BCUT2D eigenvalue weighted by Crippen LogP contribution is -2.13. The lowest BCUT2D eigenvalue weighted by atomic mass is 10.3. The number of carbonyl (C=O) groups is 1. The SMILES string of the molecule is CCC(Br)COC(=O)c1cocn1. The van der Waals surface area contributed by atoms with Crippen LogP contribution in [0.3, 0.4) is 0 Å². The van der Waals surface area contributed by atoms with Gasteiger partial charge in [-0.25, -0.2) is 9.78 Å². The second kappa shape index (κ2) is 5.01. The van der Waals surface area contributed by atoms with Crippen molar-refractivity contribution in [2.24, 2.45) is 0 Å². The van der Waals surface area contributed by atoms with E-state index in [4.69, 9.17) is 4.74 Å². The number of hydrogen-bond acceptors (Lipinski definition) is 4. The van der Waals surface area contributed by atoms with Gasteiger partial charge in [-0.05, 0) is 6.42 Å². The Bertz CT molecular complexity index is 260. The quantitative estimate of drug-likeness (QED) is 0.604. The molecule has 0 aromatic carbocycles. The Balaban J connectivity index is 2.35. The molecule has 0 bridgehead atoms. The van der Waals surface area contributed by atoms with Crippen LogP contribution in [-0.4, -0.2) is 22.4 Å². The fourth-order valence-electron chi connectivity index (χ4n) is 0.671. The molecule has 0 amide bonds. The maximum atomic E-state index is 11.2. The van der Waals surface area contributed by atoms with Crippen molar-refractivity contribution in [1.82, 2.24) is 4.98 Å². The summed E-state index contributed by atoms with van der Waals surface area (Å²) in [6, 6.07) is 0. The minimum absolute atomic E-state index is 0.198. The number of nitrogens with zero attached hydrogens (tertiary/aromatic N) is 1. The summed E-state index contributed by atoms with van der Waals surface area (Å²) in [7, 11) is 0. The van der Waals surface area contributed by atoms with Gasteiger partial charge in [0.1, 0.15) is 12.9 Å². The molecule has 1 aromatic heterocycles. The third-order valence-electron chi connectivity index (χ3n) is 1.48. The molecule has 4 nitrogen and oxygen atoms in total. The van der Waals surface area contributed by atoms with Crippen molar-refractivity contribution in [3.05, 3.63) is 18.4 Å². The van der Waals surface area contributed by atoms with Gasteiger partial charge >= 0.3 is 5.97 Å². The fraction of sp³-hybridized carbons (Fsp3) is 0.500. The average Bonchev–Trinajstić information content (AvgIpc) is 2.66. The van der Waals surface area contributed by atoms with E-state index in [1.807, 2.05) is 6.92 Å². The summed E-state index contributed by atoms with van der Waals surface area (Å²) in [5.74, 6) is -0.452. The van der Waals surface area contributed by atoms with Crippen molar-refractivity contribution in [2.45, 2.75) is 18.2 Å². The summed E-state index contributed by atoms with van der Waals surface area (Å²) >= 11 is 3.35. The van der Waals surface area contributed by atoms with Gasteiger partial charge in [-0.2, -0.15) is 0 Å². The van der Waals surface area contributed by atoms with Crippen LogP contribution in [0.15, 0.2) is 17.1 Å². The van der Waals surface area contributed by atoms with E-state index < -0.39 is 5.97 Å². The molecule has 1 aromatic rings. The number of ether oxygens (including phenoxy) is 1. The second-order valence-corrected chi connectivity index (χ2v) is 3.77. The number of carbonyl (C=O) groups excluding carboxylic acids is 1. The van der Waals surface area contributed by atoms with Crippen LogP contribution in [0.5, 0.6) is 0 Å². The molecule has 0 aliphatic heterocycles. The number of esters is 1. The van der Waals surface area contributed by atoms with E-state index in [1.165, 1.54) is 12.7 Å². The number of aromatic nitrogens is 1. The van der Waals surface area contributed by atoms with Crippen LogP contribution in [0.25, 0.3) is 0 Å². The largest absolute Gasteiger partial charge is 0.460 e. The standard InChI is InChI=1S/C8H10BrNO3/c1-2-6(9)3-13-8(11)7-4-12-5-10-7/h4-6H,2-3H2,1H3. The molecule has 1 unspecified atom stereocenters. The van der Waals surface area contributed by atoms with Crippen LogP contribution in [0.4, 0.5) is 0 Å². The fourth-order valence-corrected chi connectivity index (χ4v) is 0.803. The summed E-state index contributed by atoms with van der Waals surface area (Å²) in [6.07, 6.45) is 3.37. The minimum Gasteiger partial charge on any atom is -0.460 e. The highest BCUT2D eigenvalue weighted by Gasteiger charge is 2.11. The van der Waals surface area contributed by atoms with Crippen molar-refractivity contribution in [2.75, 3.05) is 6.61 Å². The highest BCUT2D eigenvalue weighted by atomic mass is 79.9. The van der Waals surface area contributed by atoms with E-state index in [9.17, 15) is 4.79 Å². The van der Waals surface area contributed by atoms with Gasteiger partial charge in [-0.1, -0.05) is 22.9 Å². The van der Waals surface area contributed by atoms with Crippen LogP contribution in [-0.2, 0) is 4.74 Å². The van der Waals surface area contributed by atoms with Crippen LogP contribution in [0, 0.1) is 0 Å². The van der Waals surface area contributed by atoms with Crippen molar-refractivity contribution < 1.29 is 13.9 Å². The Morgan fingerprint density at radius 3 is 3.15 bits per heavy atom. The highest BCUT2D eigenvalue weighted by molar-refractivity contribution is 9.09. The first-order valence-electron chi connectivity index (χ1n) is 3.93. The number of oxazole rings is 1. The Morgan fingerprint density at radius 1 is 1.85 bits per heavy atom. The van der Waals surface area contributed by atoms with Crippen molar-refractivity contribution in [1.29, 1.82) is 0 Å². The summed E-state index contributed by atoms with van der Waals surface area (Å²) in [5, 5.41) is 0. The van der Waals surface area contributed by atoms with Gasteiger partial charge in [0.25, 0.3) is 0 Å². The molecule has 0 spiro atoms. The van der Waals surface area contributed by atoms with Crippen LogP contribution in [0.1, 0.15) is 23.8 Å². The lowest BCUT2D eigenvalue weighted by molar-refractivity contribution is 0.0500. The predicted octanol–water partition coefficient (Wildman–Crippen LogP) is 2.00. The molecular weight excluding hydrogens is 238 g/mol. The van der Waals surface area contributed by atoms with Gasteiger partial charge in [0.2, 0.25) is 0 Å². The molecule has 72 valence electrons. The monoisotopic (exact) mass is 247 g/mol. The topological polar surface area (TPSA) is 52.3 Å². The van der Waals surface area contributed by atoms with Crippen molar-refractivity contribution >= 4 is 21.9 Å². The van der Waals surface area contributed by atoms with Crippen LogP contribution >= 0.6 is 15.9 Å². The molecule has 0 N–H and O–H groups in total. The van der Waals surface area contributed by atoms with E-state index in [2.05, 4.69) is 25.3 Å². The van der Waals surface area contributed by atoms with E-state index in [-0.39, 0.29) is 10.5 Å². The van der Waals surface area contributed by atoms with Crippen molar-refractivity contribution in [3.8, 4) is 0 Å². The number of alkyl halides is 1. The molecule has 0 fully saturated rings. The lowest BCUT2D eigenvalue weighted by Gasteiger charge is -2.06. The third-order valence-corrected chi connectivity index (χ3v) is 2.39. The molecule has 5 heteroatoms. The van der Waals surface area contributed by atoms with E-state index in [0.717, 1.165) is 6.42 Å². The number of rotatable bonds is 4. The molecule has 1 rings (SSSR count). The summed E-state index contributed by atoms with van der Waals surface area (Å²) in [4.78, 5) is 15.0. The van der Waals surface area contributed by atoms with Gasteiger partial charge in [0.15, 0.2) is 12.1 Å². The average molecular weight is 248 g/mol. The summed E-state index contributed by atoms with van der Waals surface area (Å²) in [6.45, 7) is 2.35. The van der Waals surface area contributed by atoms with Gasteiger partial charge in [-0.3, -0.25) is 0 Å². The molecule has 1 atom stereocenters. The van der Waals surface area contributed by atoms with Gasteiger partial charge in [0, 0.05) is 4.83 Å². The Morgan fingerprint density at radius 2 is 2.62 bits per heavy atom. The first-order chi connectivity index (χ1) is 6.24. The zero-order chi connectivity index (χ0) is 9.68. The molecule has 13 heavy (non-hydrogen) atoms. The maximum Gasteiger partial charge on any atom is 0.360 e. The smallest absolute Gasteiger partial charge is 0.360 e. The van der Waals surface area contributed by atoms with E-state index in [0.29, 0.717) is 6.61 Å². The number of hydrogen-bond donors (Lipinski definition) is 0. The van der Waals surface area contributed by atoms with Crippen LogP contribution in [0.2, 0.25) is 0 Å². The minimum atomic E-state index is -0.452. The van der Waals surface area contributed by atoms with Gasteiger partial charge < -0.3 is 9.15 Å². The molecule has 1 heterocycles. The Hall–Kier alpha value is -0.840. The van der Waals surface area contributed by atoms with E-state index >= 15 is 0 Å². The van der Waals surface area contributed by atoms with Gasteiger partial charge in [-0.15, -0.1) is 0 Å². The normalized spacial score (nSPS) is 12.5. The predicted molar refractivity (Wildman–Crippen MR) is 49.8 cm³/mol. The molecule has 0 saturated heterocycles. The van der Waals surface area contributed by atoms with E-state index in [1.54, 1.807) is 0 Å². The maximum absolute atomic E-state index is 11.2. The molecular formula is C8H10BrNO3. The zero-order valence-electron chi connectivity index (χ0n) is 7.20. The third kappa shape index (κ3) is 3.18. The Kier molecular flexibility index (Phi) is 3.95.